The zero-order valence-corrected chi connectivity index (χ0v) is 11.2. The highest BCUT2D eigenvalue weighted by Crippen LogP contribution is 2.25. The van der Waals surface area contributed by atoms with Crippen LogP contribution in [0.4, 0.5) is 11.4 Å². The lowest BCUT2D eigenvalue weighted by atomic mass is 10.3. The monoisotopic (exact) mass is 324 g/mol. The maximum Gasteiger partial charge on any atom is 0.277 e. The highest BCUT2D eigenvalue weighted by Gasteiger charge is 2.14. The zero-order valence-electron chi connectivity index (χ0n) is 9.60. The van der Waals surface area contributed by atoms with Crippen LogP contribution in [0.2, 0.25) is 0 Å². The fourth-order valence-electron chi connectivity index (χ4n) is 1.15. The lowest BCUT2D eigenvalue weighted by Gasteiger charge is -1.93. The van der Waals surface area contributed by atoms with E-state index in [1.54, 1.807) is 0 Å². The lowest BCUT2D eigenvalue weighted by molar-refractivity contribution is -0.394. The molecule has 0 amide bonds. The summed E-state index contributed by atoms with van der Waals surface area (Å²) in [5.74, 6) is 0. The second-order valence-corrected chi connectivity index (χ2v) is 4.25. The Morgan fingerprint density at radius 1 is 0.737 bits per heavy atom. The minimum Gasteiger partial charge on any atom is -0.258 e. The Morgan fingerprint density at radius 3 is 1.32 bits per heavy atom. The van der Waals surface area contributed by atoms with Gasteiger partial charge in [0, 0.05) is 16.6 Å². The molecule has 6 nitrogen and oxygen atoms in total. The van der Waals surface area contributed by atoms with Crippen LogP contribution in [0.15, 0.2) is 59.1 Å². The van der Waals surface area contributed by atoms with Gasteiger partial charge in [0.2, 0.25) is 0 Å². The van der Waals surface area contributed by atoms with Crippen molar-refractivity contribution in [1.82, 2.24) is 0 Å². The van der Waals surface area contributed by atoms with Crippen molar-refractivity contribution in [3.8, 4) is 0 Å². The summed E-state index contributed by atoms with van der Waals surface area (Å²) in [5.41, 5.74) is -0.609. The van der Waals surface area contributed by atoms with Gasteiger partial charge in [0.15, 0.2) is 0 Å². The average molecular weight is 325 g/mol. The highest BCUT2D eigenvalue weighted by molar-refractivity contribution is 9.10. The van der Waals surface area contributed by atoms with Crippen LogP contribution in [0, 0.1) is 20.2 Å². The van der Waals surface area contributed by atoms with Gasteiger partial charge in [-0.25, -0.2) is 0 Å². The number of hydrogen-bond acceptors (Lipinski definition) is 4. The average Bonchev–Trinajstić information content (AvgIpc) is 2.40. The number of nitro benzene ring substituents is 2. The first-order valence-corrected chi connectivity index (χ1v) is 5.89. The predicted molar refractivity (Wildman–Crippen MR) is 73.9 cm³/mol. The molecule has 0 unspecified atom stereocenters. The molecular weight excluding hydrogens is 316 g/mol. The molecule has 0 saturated heterocycles. The van der Waals surface area contributed by atoms with Gasteiger partial charge in [0.25, 0.3) is 11.4 Å². The molecule has 0 bridgehead atoms. The quantitative estimate of drug-likeness (QED) is 0.618. The van der Waals surface area contributed by atoms with Gasteiger partial charge >= 0.3 is 0 Å². The van der Waals surface area contributed by atoms with Crippen LogP contribution in [-0.4, -0.2) is 9.85 Å². The van der Waals surface area contributed by atoms with Crippen molar-refractivity contribution in [2.24, 2.45) is 0 Å². The SMILES string of the molecule is O=[N+]([O-])c1cc(Br)cc([N+](=O)[O-])c1.c1ccccc1. The lowest BCUT2D eigenvalue weighted by Crippen LogP contribution is -1.92. The van der Waals surface area contributed by atoms with Gasteiger partial charge in [-0.15, -0.1) is 0 Å². The fraction of sp³-hybridized carbons (Fsp3) is 0. The molecule has 0 radical (unpaired) electrons. The number of nitrogens with zero attached hydrogens (tertiary/aromatic N) is 2. The molecule has 2 aromatic rings. The van der Waals surface area contributed by atoms with E-state index in [2.05, 4.69) is 15.9 Å². The summed E-state index contributed by atoms with van der Waals surface area (Å²) in [6.45, 7) is 0. The summed E-state index contributed by atoms with van der Waals surface area (Å²) in [4.78, 5) is 19.2. The summed E-state index contributed by atoms with van der Waals surface area (Å²) >= 11 is 2.94. The molecule has 2 aromatic carbocycles. The zero-order chi connectivity index (χ0) is 14.3. The van der Waals surface area contributed by atoms with Gasteiger partial charge < -0.3 is 0 Å². The van der Waals surface area contributed by atoms with Crippen molar-refractivity contribution >= 4 is 27.3 Å². The van der Waals surface area contributed by atoms with Crippen molar-refractivity contribution in [1.29, 1.82) is 0 Å². The summed E-state index contributed by atoms with van der Waals surface area (Å²) in [7, 11) is 0. The van der Waals surface area contributed by atoms with E-state index in [-0.39, 0.29) is 11.4 Å². The third-order valence-electron chi connectivity index (χ3n) is 1.96. The number of benzene rings is 2. The third kappa shape index (κ3) is 5.26. The standard InChI is InChI=1S/C6H3BrN2O4.C6H6/c7-4-1-5(8(10)11)3-6(2-4)9(12)13;1-2-4-6-5-3-1/h1-3H;1-6H. The first-order chi connectivity index (χ1) is 9.00. The predicted octanol–water partition coefficient (Wildman–Crippen LogP) is 3.95. The Bertz CT molecular complexity index is 516. The van der Waals surface area contributed by atoms with E-state index in [1.165, 1.54) is 12.1 Å². The van der Waals surface area contributed by atoms with Crippen molar-refractivity contribution < 1.29 is 9.85 Å². The topological polar surface area (TPSA) is 86.3 Å². The molecule has 7 heteroatoms. The molecule has 0 fully saturated rings. The van der Waals surface area contributed by atoms with Gasteiger partial charge in [-0.2, -0.15) is 0 Å². The van der Waals surface area contributed by atoms with Crippen LogP contribution in [0.25, 0.3) is 0 Å². The molecule has 2 rings (SSSR count). The number of non-ortho nitro benzene ring substituents is 2. The Labute approximate surface area is 117 Å². The summed E-state index contributed by atoms with van der Waals surface area (Å²) in [5, 5.41) is 20.6. The molecule has 0 aromatic heterocycles. The van der Waals surface area contributed by atoms with Crippen LogP contribution >= 0.6 is 15.9 Å². The number of halogens is 1. The number of hydrogen-bond donors (Lipinski definition) is 0. The van der Waals surface area contributed by atoms with Crippen LogP contribution in [0.3, 0.4) is 0 Å². The molecule has 98 valence electrons. The molecule has 0 heterocycles. The smallest absolute Gasteiger partial charge is 0.258 e. The summed E-state index contributed by atoms with van der Waals surface area (Å²) < 4.78 is 0.313. The normalized spacial score (nSPS) is 9.11. The second-order valence-electron chi connectivity index (χ2n) is 3.34. The van der Waals surface area contributed by atoms with Gasteiger partial charge in [0.1, 0.15) is 0 Å². The third-order valence-corrected chi connectivity index (χ3v) is 2.41. The van der Waals surface area contributed by atoms with E-state index in [0.29, 0.717) is 4.47 Å². The first kappa shape index (κ1) is 14.8. The van der Waals surface area contributed by atoms with E-state index in [1.807, 2.05) is 36.4 Å². The number of rotatable bonds is 2. The first-order valence-electron chi connectivity index (χ1n) is 5.10. The highest BCUT2D eigenvalue weighted by atomic mass is 79.9. The fourth-order valence-corrected chi connectivity index (χ4v) is 1.62. The van der Waals surface area contributed by atoms with Crippen LogP contribution in [-0.2, 0) is 0 Å². The molecule has 0 aliphatic carbocycles. The van der Waals surface area contributed by atoms with Crippen LogP contribution < -0.4 is 0 Å². The molecule has 0 atom stereocenters. The Balaban J connectivity index is 0.000000250. The van der Waals surface area contributed by atoms with Crippen molar-refractivity contribution in [2.75, 3.05) is 0 Å². The van der Waals surface area contributed by atoms with Crippen molar-refractivity contribution in [3.05, 3.63) is 79.3 Å². The van der Waals surface area contributed by atoms with E-state index < -0.39 is 9.85 Å². The molecular formula is C12H9BrN2O4. The Kier molecular flexibility index (Phi) is 5.62. The van der Waals surface area contributed by atoms with Gasteiger partial charge in [0.05, 0.1) is 15.9 Å². The van der Waals surface area contributed by atoms with E-state index in [4.69, 9.17) is 0 Å². The van der Waals surface area contributed by atoms with E-state index in [9.17, 15) is 20.2 Å². The Hall–Kier alpha value is -2.28. The maximum absolute atomic E-state index is 10.3. The minimum absolute atomic E-state index is 0.305. The Morgan fingerprint density at radius 2 is 1.05 bits per heavy atom. The maximum atomic E-state index is 10.3. The summed E-state index contributed by atoms with van der Waals surface area (Å²) in [6, 6.07) is 15.3. The molecule has 0 aliphatic heterocycles. The van der Waals surface area contributed by atoms with Crippen LogP contribution in [0.1, 0.15) is 0 Å². The van der Waals surface area contributed by atoms with Crippen molar-refractivity contribution in [2.45, 2.75) is 0 Å². The minimum atomic E-state index is -0.683. The van der Waals surface area contributed by atoms with Gasteiger partial charge in [-0.05, 0) is 0 Å². The molecule has 0 N–H and O–H groups in total. The molecule has 0 saturated carbocycles. The summed E-state index contributed by atoms with van der Waals surface area (Å²) in [6.07, 6.45) is 0. The second kappa shape index (κ2) is 7.22. The van der Waals surface area contributed by atoms with Crippen LogP contribution in [0.5, 0.6) is 0 Å². The van der Waals surface area contributed by atoms with E-state index in [0.717, 1.165) is 6.07 Å². The van der Waals surface area contributed by atoms with Gasteiger partial charge in [-0.1, -0.05) is 52.3 Å². The van der Waals surface area contributed by atoms with Gasteiger partial charge in [-0.3, -0.25) is 20.2 Å². The van der Waals surface area contributed by atoms with Crippen molar-refractivity contribution in [3.63, 3.8) is 0 Å². The molecule has 0 spiro atoms. The van der Waals surface area contributed by atoms with E-state index >= 15 is 0 Å². The molecule has 0 aliphatic rings. The molecule has 19 heavy (non-hydrogen) atoms. The number of nitro groups is 2. The largest absolute Gasteiger partial charge is 0.277 e.